The minimum Gasteiger partial charge on any atom is -0.497 e. The number of rotatable bonds is 7. The first kappa shape index (κ1) is 18.9. The van der Waals surface area contributed by atoms with Gasteiger partial charge in [0.25, 0.3) is 0 Å². The molecule has 28 heavy (non-hydrogen) atoms. The summed E-state index contributed by atoms with van der Waals surface area (Å²) >= 11 is 0. The monoisotopic (exact) mass is 382 g/mol. The van der Waals surface area contributed by atoms with Crippen LogP contribution in [-0.4, -0.2) is 29.1 Å². The van der Waals surface area contributed by atoms with Gasteiger partial charge in [-0.3, -0.25) is 10.1 Å². The number of benzene rings is 2. The van der Waals surface area contributed by atoms with Crippen LogP contribution in [0, 0.1) is 17.0 Å². The summed E-state index contributed by atoms with van der Waals surface area (Å²) in [6.07, 6.45) is 1.19. The number of methoxy groups -OCH3 is 2. The predicted octanol–water partition coefficient (Wildman–Crippen LogP) is 4.25. The molecule has 0 spiro atoms. The fourth-order valence-electron chi connectivity index (χ4n) is 2.45. The normalized spacial score (nSPS) is 10.2. The Morgan fingerprint density at radius 1 is 1.00 bits per heavy atom. The van der Waals surface area contributed by atoms with E-state index in [1.165, 1.54) is 20.5 Å². The summed E-state index contributed by atoms with van der Waals surface area (Å²) < 4.78 is 16.1. The highest BCUT2D eigenvalue weighted by atomic mass is 16.6. The van der Waals surface area contributed by atoms with Crippen molar-refractivity contribution in [1.29, 1.82) is 0 Å². The topological polar surface area (TPSA) is 109 Å². The van der Waals surface area contributed by atoms with Gasteiger partial charge in [0.05, 0.1) is 24.8 Å². The van der Waals surface area contributed by atoms with Gasteiger partial charge < -0.3 is 19.5 Å². The van der Waals surface area contributed by atoms with Gasteiger partial charge in [0.15, 0.2) is 0 Å². The number of nitrogens with zero attached hydrogens (tertiary/aromatic N) is 3. The number of nitro groups is 1. The van der Waals surface area contributed by atoms with E-state index in [0.717, 1.165) is 5.56 Å². The van der Waals surface area contributed by atoms with Crippen molar-refractivity contribution >= 4 is 17.2 Å². The zero-order chi connectivity index (χ0) is 20.1. The van der Waals surface area contributed by atoms with E-state index in [2.05, 4.69) is 15.3 Å². The molecule has 0 bridgehead atoms. The first-order valence-corrected chi connectivity index (χ1v) is 8.24. The van der Waals surface area contributed by atoms with Crippen LogP contribution in [-0.2, 0) is 0 Å². The molecule has 1 aromatic heterocycles. The fraction of sp³-hybridized carbons (Fsp3) is 0.158. The van der Waals surface area contributed by atoms with Crippen LogP contribution >= 0.6 is 0 Å². The van der Waals surface area contributed by atoms with E-state index in [-0.39, 0.29) is 11.7 Å². The van der Waals surface area contributed by atoms with Gasteiger partial charge in [0.2, 0.25) is 5.82 Å². The van der Waals surface area contributed by atoms with Crippen molar-refractivity contribution in [2.75, 3.05) is 19.5 Å². The number of aryl methyl sites for hydroxylation is 1. The highest BCUT2D eigenvalue weighted by Crippen LogP contribution is 2.38. The van der Waals surface area contributed by atoms with E-state index in [1.807, 2.05) is 19.1 Å². The van der Waals surface area contributed by atoms with Crippen LogP contribution in [0.5, 0.6) is 23.1 Å². The zero-order valence-electron chi connectivity index (χ0n) is 15.5. The van der Waals surface area contributed by atoms with Crippen LogP contribution in [0.4, 0.5) is 17.2 Å². The summed E-state index contributed by atoms with van der Waals surface area (Å²) in [7, 11) is 3.01. The van der Waals surface area contributed by atoms with E-state index >= 15 is 0 Å². The van der Waals surface area contributed by atoms with Crippen LogP contribution in [0.3, 0.4) is 0 Å². The molecule has 2 aromatic carbocycles. The lowest BCUT2D eigenvalue weighted by Gasteiger charge is -2.13. The van der Waals surface area contributed by atoms with Crippen molar-refractivity contribution < 1.29 is 19.1 Å². The van der Waals surface area contributed by atoms with Gasteiger partial charge in [-0.05, 0) is 31.2 Å². The summed E-state index contributed by atoms with van der Waals surface area (Å²) in [5, 5.41) is 14.6. The van der Waals surface area contributed by atoms with Crippen molar-refractivity contribution in [2.45, 2.75) is 6.92 Å². The second-order valence-electron chi connectivity index (χ2n) is 5.74. The summed E-state index contributed by atoms with van der Waals surface area (Å²) in [5.41, 5.74) is 1.09. The van der Waals surface area contributed by atoms with Gasteiger partial charge in [0, 0.05) is 6.07 Å². The highest BCUT2D eigenvalue weighted by molar-refractivity contribution is 5.73. The van der Waals surface area contributed by atoms with Crippen molar-refractivity contribution in [3.63, 3.8) is 0 Å². The number of nitrogens with one attached hydrogen (secondary N) is 1. The molecular formula is C19H18N4O5. The first-order valence-electron chi connectivity index (χ1n) is 8.24. The average molecular weight is 382 g/mol. The lowest BCUT2D eigenvalue weighted by atomic mass is 10.2. The van der Waals surface area contributed by atoms with Crippen molar-refractivity contribution in [3.8, 4) is 23.1 Å². The minimum absolute atomic E-state index is 0.0336. The molecule has 0 radical (unpaired) electrons. The lowest BCUT2D eigenvalue weighted by molar-refractivity contribution is -0.385. The third-order valence-corrected chi connectivity index (χ3v) is 3.87. The number of hydrogen-bond donors (Lipinski definition) is 1. The van der Waals surface area contributed by atoms with E-state index in [4.69, 9.17) is 14.2 Å². The van der Waals surface area contributed by atoms with Crippen LogP contribution in [0.15, 0.2) is 48.8 Å². The fourth-order valence-corrected chi connectivity index (χ4v) is 2.45. The van der Waals surface area contributed by atoms with Gasteiger partial charge in [-0.15, -0.1) is 0 Å². The Kier molecular flexibility index (Phi) is 5.54. The van der Waals surface area contributed by atoms with Gasteiger partial charge in [-0.2, -0.15) is 4.98 Å². The second-order valence-corrected chi connectivity index (χ2v) is 5.74. The van der Waals surface area contributed by atoms with Gasteiger partial charge in [-0.25, -0.2) is 4.98 Å². The van der Waals surface area contributed by atoms with Crippen LogP contribution < -0.4 is 19.5 Å². The number of anilines is 2. The van der Waals surface area contributed by atoms with Crippen LogP contribution in [0.1, 0.15) is 5.56 Å². The molecule has 9 nitrogen and oxygen atoms in total. The molecular weight excluding hydrogens is 364 g/mol. The van der Waals surface area contributed by atoms with E-state index in [0.29, 0.717) is 22.9 Å². The molecule has 0 saturated heterocycles. The first-order chi connectivity index (χ1) is 13.5. The molecule has 3 aromatic rings. The summed E-state index contributed by atoms with van der Waals surface area (Å²) in [5.74, 6) is 1.24. The predicted molar refractivity (Wildman–Crippen MR) is 103 cm³/mol. The molecule has 9 heteroatoms. The molecule has 0 aliphatic rings. The molecule has 0 amide bonds. The Morgan fingerprint density at radius 3 is 2.36 bits per heavy atom. The summed E-state index contributed by atoms with van der Waals surface area (Å²) in [4.78, 5) is 19.0. The van der Waals surface area contributed by atoms with Crippen LogP contribution in [0.2, 0.25) is 0 Å². The Hall–Kier alpha value is -3.88. The van der Waals surface area contributed by atoms with Gasteiger partial charge in [-0.1, -0.05) is 17.7 Å². The molecule has 0 fully saturated rings. The largest absolute Gasteiger partial charge is 0.497 e. The quantitative estimate of drug-likeness (QED) is 0.477. The number of ether oxygens (including phenoxy) is 3. The molecule has 0 unspecified atom stereocenters. The second kappa shape index (κ2) is 8.21. The smallest absolute Gasteiger partial charge is 0.373 e. The Labute approximate surface area is 161 Å². The van der Waals surface area contributed by atoms with E-state index in [1.54, 1.807) is 30.3 Å². The summed E-state index contributed by atoms with van der Waals surface area (Å²) in [6.45, 7) is 1.93. The summed E-state index contributed by atoms with van der Waals surface area (Å²) in [6, 6.07) is 12.1. The maximum absolute atomic E-state index is 11.7. The van der Waals surface area contributed by atoms with Crippen LogP contribution in [0.25, 0.3) is 0 Å². The SMILES string of the molecule is COc1ccc(OC)c(Nc2ncnc(Oc3ccc(C)cc3)c2[N+](=O)[O-])c1. The van der Waals surface area contributed by atoms with Gasteiger partial charge >= 0.3 is 11.6 Å². The van der Waals surface area contributed by atoms with Gasteiger partial charge in [0.1, 0.15) is 23.6 Å². The Balaban J connectivity index is 2.00. The Bertz CT molecular complexity index is 992. The molecule has 3 rings (SSSR count). The molecule has 0 aliphatic carbocycles. The maximum Gasteiger partial charge on any atom is 0.373 e. The Morgan fingerprint density at radius 2 is 1.71 bits per heavy atom. The lowest BCUT2D eigenvalue weighted by Crippen LogP contribution is -2.04. The average Bonchev–Trinajstić information content (AvgIpc) is 2.69. The molecule has 1 N–H and O–H groups in total. The highest BCUT2D eigenvalue weighted by Gasteiger charge is 2.26. The minimum atomic E-state index is -0.599. The van der Waals surface area contributed by atoms with E-state index < -0.39 is 10.6 Å². The standard InChI is InChI=1S/C19H18N4O5/c1-12-4-6-13(7-5-12)28-19-17(23(24)25)18(20-11-21-19)22-15-10-14(26-2)8-9-16(15)27-3/h4-11H,1-3H3,(H,20,21,22). The van der Waals surface area contributed by atoms with Crippen molar-refractivity contribution in [2.24, 2.45) is 0 Å². The molecule has 1 heterocycles. The molecule has 0 aliphatic heterocycles. The van der Waals surface area contributed by atoms with E-state index in [9.17, 15) is 10.1 Å². The van der Waals surface area contributed by atoms with Crippen molar-refractivity contribution in [3.05, 3.63) is 64.5 Å². The maximum atomic E-state index is 11.7. The zero-order valence-corrected chi connectivity index (χ0v) is 15.5. The molecule has 0 saturated carbocycles. The third-order valence-electron chi connectivity index (χ3n) is 3.87. The molecule has 144 valence electrons. The molecule has 0 atom stereocenters. The third kappa shape index (κ3) is 4.09. The van der Waals surface area contributed by atoms with Crippen molar-refractivity contribution in [1.82, 2.24) is 9.97 Å². The number of aromatic nitrogens is 2. The number of hydrogen-bond acceptors (Lipinski definition) is 8.